The zero-order valence-corrected chi connectivity index (χ0v) is 21.5. The number of aliphatic hydroxyl groups is 5. The molecule has 1 aliphatic heterocycles. The summed E-state index contributed by atoms with van der Waals surface area (Å²) < 4.78 is 15.5. The molecule has 9 nitrogen and oxygen atoms in total. The molecular formula is C27H46O9. The Morgan fingerprint density at radius 3 is 2.19 bits per heavy atom. The maximum Gasteiger partial charge on any atom is 0.305 e. The van der Waals surface area contributed by atoms with E-state index in [1.165, 1.54) is 0 Å². The molecular weight excluding hydrogens is 468 g/mol. The number of aliphatic hydroxyl groups excluding tert-OH is 5. The second-order valence-corrected chi connectivity index (χ2v) is 8.97. The Hall–Kier alpha value is -1.59. The number of allylic oxidation sites excluding steroid dienone is 6. The standard InChI is InChI=1S/C27H46O9/c1-2-3-4-5-6-7-8-9-10-11-12-13-14-15-16-17-23(30)34-19-21(29)20-35-27-26(33)25(32)24(31)22(18-28)36-27/h3-4,6-7,9-10,21-22,24-29,31-33H,2,5,8,11-20H2,1H3/b4-3-,7-6-,10-9-/t21-,22+,24+,25-,26+,27+/m1/s1. The molecule has 9 heteroatoms. The Bertz CT molecular complexity index is 647. The highest BCUT2D eigenvalue weighted by Crippen LogP contribution is 2.22. The first kappa shape index (κ1) is 32.4. The van der Waals surface area contributed by atoms with Crippen LogP contribution in [-0.2, 0) is 19.0 Å². The smallest absolute Gasteiger partial charge is 0.305 e. The fraction of sp³-hybridized carbons (Fsp3) is 0.741. The number of carbonyl (C=O) groups is 1. The second kappa shape index (κ2) is 20.5. The van der Waals surface area contributed by atoms with Crippen molar-refractivity contribution in [3.8, 4) is 0 Å². The van der Waals surface area contributed by atoms with Crippen molar-refractivity contribution in [2.75, 3.05) is 19.8 Å². The maximum atomic E-state index is 11.9. The Morgan fingerprint density at radius 1 is 0.861 bits per heavy atom. The fourth-order valence-corrected chi connectivity index (χ4v) is 3.61. The van der Waals surface area contributed by atoms with Crippen LogP contribution in [0.15, 0.2) is 36.5 Å². The van der Waals surface area contributed by atoms with Gasteiger partial charge in [0.15, 0.2) is 6.29 Å². The van der Waals surface area contributed by atoms with Gasteiger partial charge in [-0.25, -0.2) is 0 Å². The van der Waals surface area contributed by atoms with Gasteiger partial charge in [-0.05, 0) is 38.5 Å². The van der Waals surface area contributed by atoms with Crippen molar-refractivity contribution in [1.29, 1.82) is 0 Å². The van der Waals surface area contributed by atoms with Crippen LogP contribution in [0.2, 0.25) is 0 Å². The molecule has 1 saturated heterocycles. The zero-order valence-electron chi connectivity index (χ0n) is 21.5. The van der Waals surface area contributed by atoms with Crippen molar-refractivity contribution in [3.05, 3.63) is 36.5 Å². The van der Waals surface area contributed by atoms with Crippen molar-refractivity contribution in [2.45, 2.75) is 108 Å². The molecule has 0 aliphatic carbocycles. The summed E-state index contributed by atoms with van der Waals surface area (Å²) >= 11 is 0. The van der Waals surface area contributed by atoms with Crippen LogP contribution in [-0.4, -0.2) is 88.1 Å². The van der Waals surface area contributed by atoms with Crippen LogP contribution in [0.5, 0.6) is 0 Å². The lowest BCUT2D eigenvalue weighted by molar-refractivity contribution is -0.305. The molecule has 0 aromatic heterocycles. The van der Waals surface area contributed by atoms with Crippen LogP contribution in [0.3, 0.4) is 0 Å². The highest BCUT2D eigenvalue weighted by molar-refractivity contribution is 5.69. The Labute approximate surface area is 215 Å². The van der Waals surface area contributed by atoms with E-state index in [1.54, 1.807) is 0 Å². The van der Waals surface area contributed by atoms with E-state index in [4.69, 9.17) is 19.3 Å². The third kappa shape index (κ3) is 14.2. The summed E-state index contributed by atoms with van der Waals surface area (Å²) in [7, 11) is 0. The minimum atomic E-state index is -1.56. The number of rotatable bonds is 19. The van der Waals surface area contributed by atoms with Crippen molar-refractivity contribution in [1.82, 2.24) is 0 Å². The average molecular weight is 515 g/mol. The second-order valence-electron chi connectivity index (χ2n) is 8.97. The minimum Gasteiger partial charge on any atom is -0.463 e. The predicted molar refractivity (Wildman–Crippen MR) is 136 cm³/mol. The summed E-state index contributed by atoms with van der Waals surface area (Å²) in [5.41, 5.74) is 0. The third-order valence-corrected chi connectivity index (χ3v) is 5.77. The molecule has 0 bridgehead atoms. The Balaban J connectivity index is 2.02. The first-order valence-corrected chi connectivity index (χ1v) is 13.1. The SMILES string of the molecule is CC/C=C\C/C=C\C/C=C\CCCCCCCC(=O)OC[C@@H](O)CO[C@H]1O[C@@H](CO)[C@H](O)[C@@H](O)[C@@H]1O. The van der Waals surface area contributed by atoms with E-state index >= 15 is 0 Å². The van der Waals surface area contributed by atoms with Gasteiger partial charge in [0.05, 0.1) is 13.2 Å². The summed E-state index contributed by atoms with van der Waals surface area (Å²) in [5, 5.41) is 48.5. The molecule has 0 radical (unpaired) electrons. The number of unbranched alkanes of at least 4 members (excludes halogenated alkanes) is 5. The largest absolute Gasteiger partial charge is 0.463 e. The summed E-state index contributed by atoms with van der Waals surface area (Å²) in [5.74, 6) is -0.400. The van der Waals surface area contributed by atoms with Gasteiger partial charge in [0.25, 0.3) is 0 Å². The number of hydrogen-bond donors (Lipinski definition) is 5. The number of hydrogen-bond acceptors (Lipinski definition) is 9. The molecule has 0 spiro atoms. The number of ether oxygens (including phenoxy) is 3. The summed E-state index contributed by atoms with van der Waals surface area (Å²) in [6, 6.07) is 0. The van der Waals surface area contributed by atoms with Gasteiger partial charge in [-0.3, -0.25) is 4.79 Å². The Kier molecular flexibility index (Phi) is 18.4. The van der Waals surface area contributed by atoms with Crippen LogP contribution in [0.4, 0.5) is 0 Å². The molecule has 36 heavy (non-hydrogen) atoms. The lowest BCUT2D eigenvalue weighted by atomic mass is 9.99. The van der Waals surface area contributed by atoms with E-state index in [0.717, 1.165) is 57.8 Å². The van der Waals surface area contributed by atoms with Gasteiger partial charge < -0.3 is 39.7 Å². The van der Waals surface area contributed by atoms with E-state index in [0.29, 0.717) is 0 Å². The number of esters is 1. The van der Waals surface area contributed by atoms with Gasteiger partial charge in [0.1, 0.15) is 37.1 Å². The van der Waals surface area contributed by atoms with E-state index < -0.39 is 49.4 Å². The monoisotopic (exact) mass is 514 g/mol. The van der Waals surface area contributed by atoms with Gasteiger partial charge in [-0.1, -0.05) is 62.6 Å². The van der Waals surface area contributed by atoms with E-state index in [1.807, 2.05) is 0 Å². The summed E-state index contributed by atoms with van der Waals surface area (Å²) in [4.78, 5) is 11.9. The average Bonchev–Trinajstić information content (AvgIpc) is 2.88. The highest BCUT2D eigenvalue weighted by atomic mass is 16.7. The molecule has 0 saturated carbocycles. The molecule has 1 aliphatic rings. The number of carbonyl (C=O) groups excluding carboxylic acids is 1. The van der Waals surface area contributed by atoms with Gasteiger partial charge >= 0.3 is 5.97 Å². The van der Waals surface area contributed by atoms with E-state index in [2.05, 4.69) is 43.4 Å². The predicted octanol–water partition coefficient (Wildman–Crippen LogP) is 2.30. The van der Waals surface area contributed by atoms with Gasteiger partial charge in [0, 0.05) is 6.42 Å². The fourth-order valence-electron chi connectivity index (χ4n) is 3.61. The molecule has 1 rings (SSSR count). The van der Waals surface area contributed by atoms with Crippen LogP contribution in [0.1, 0.15) is 71.1 Å². The Morgan fingerprint density at radius 2 is 1.50 bits per heavy atom. The van der Waals surface area contributed by atoms with Crippen molar-refractivity contribution >= 4 is 5.97 Å². The van der Waals surface area contributed by atoms with Crippen LogP contribution in [0.25, 0.3) is 0 Å². The van der Waals surface area contributed by atoms with Crippen molar-refractivity contribution < 1.29 is 44.5 Å². The van der Waals surface area contributed by atoms with Crippen LogP contribution >= 0.6 is 0 Å². The normalized spacial score (nSPS) is 25.8. The summed E-state index contributed by atoms with van der Waals surface area (Å²) in [6.07, 6.45) is 14.3. The first-order chi connectivity index (χ1) is 17.4. The molecule has 0 amide bonds. The molecule has 5 N–H and O–H groups in total. The molecule has 1 fully saturated rings. The molecule has 6 atom stereocenters. The molecule has 0 unspecified atom stereocenters. The molecule has 0 aromatic carbocycles. The molecule has 208 valence electrons. The van der Waals surface area contributed by atoms with Gasteiger partial charge in [-0.15, -0.1) is 0 Å². The molecule has 0 aromatic rings. The maximum absolute atomic E-state index is 11.9. The van der Waals surface area contributed by atoms with Gasteiger partial charge in [0.2, 0.25) is 0 Å². The highest BCUT2D eigenvalue weighted by Gasteiger charge is 2.44. The summed E-state index contributed by atoms with van der Waals surface area (Å²) in [6.45, 7) is 0.964. The quantitative estimate of drug-likeness (QED) is 0.0995. The van der Waals surface area contributed by atoms with E-state index in [-0.39, 0.29) is 19.6 Å². The van der Waals surface area contributed by atoms with E-state index in [9.17, 15) is 25.2 Å². The minimum absolute atomic E-state index is 0.271. The first-order valence-electron chi connectivity index (χ1n) is 13.1. The van der Waals surface area contributed by atoms with Crippen molar-refractivity contribution in [2.24, 2.45) is 0 Å². The lowest BCUT2D eigenvalue weighted by Gasteiger charge is -2.39. The topological polar surface area (TPSA) is 146 Å². The molecule has 1 heterocycles. The van der Waals surface area contributed by atoms with Crippen LogP contribution < -0.4 is 0 Å². The lowest BCUT2D eigenvalue weighted by Crippen LogP contribution is -2.59. The van der Waals surface area contributed by atoms with Gasteiger partial charge in [-0.2, -0.15) is 0 Å². The van der Waals surface area contributed by atoms with Crippen molar-refractivity contribution in [3.63, 3.8) is 0 Å². The third-order valence-electron chi connectivity index (χ3n) is 5.77. The zero-order chi connectivity index (χ0) is 26.6. The van der Waals surface area contributed by atoms with Crippen LogP contribution in [0, 0.1) is 0 Å².